The number of nitrogens with zero attached hydrogens (tertiary/aromatic N) is 3. The summed E-state index contributed by atoms with van der Waals surface area (Å²) in [6.07, 6.45) is -0.00924. The molecule has 30 heavy (non-hydrogen) atoms. The van der Waals surface area contributed by atoms with Gasteiger partial charge in [-0.2, -0.15) is 10.4 Å². The molecule has 0 amide bonds. The van der Waals surface area contributed by atoms with Crippen molar-refractivity contribution in [1.29, 1.82) is 5.26 Å². The number of Topliss-reactive ketones (excluding diaryl/α,β-unsaturated/α-hetero) is 1. The molecule has 0 fully saturated rings. The van der Waals surface area contributed by atoms with Crippen molar-refractivity contribution in [3.63, 3.8) is 0 Å². The summed E-state index contributed by atoms with van der Waals surface area (Å²) < 4.78 is 16.2. The smallest absolute Gasteiger partial charge is 0.187 e. The summed E-state index contributed by atoms with van der Waals surface area (Å²) in [6.45, 7) is 2.62. The molecule has 3 rings (SSSR count). The molecule has 7 heteroatoms. The number of carbonyl (C=O) groups is 1. The molecule has 0 unspecified atom stereocenters. The maximum Gasteiger partial charge on any atom is 0.187 e. The predicted molar refractivity (Wildman–Crippen MR) is 111 cm³/mol. The lowest BCUT2D eigenvalue weighted by atomic mass is 9.92. The Morgan fingerprint density at radius 1 is 1.27 bits per heavy atom. The molecule has 2 aromatic carbocycles. The van der Waals surface area contributed by atoms with Crippen molar-refractivity contribution >= 4 is 5.78 Å². The van der Waals surface area contributed by atoms with Gasteiger partial charge in [0.25, 0.3) is 0 Å². The summed E-state index contributed by atoms with van der Waals surface area (Å²) >= 11 is 0. The maximum absolute atomic E-state index is 14.6. The molecule has 1 aromatic heterocycles. The SMILES string of the molecule is Cc1cccc(-c2cccc(CC(=O)c3cc(CNCCO)n(C)n3)c2C#N)c1F. The summed E-state index contributed by atoms with van der Waals surface area (Å²) in [7, 11) is 1.74. The highest BCUT2D eigenvalue weighted by molar-refractivity contribution is 5.96. The topological polar surface area (TPSA) is 90.9 Å². The number of benzene rings is 2. The van der Waals surface area contributed by atoms with Crippen LogP contribution in [-0.2, 0) is 20.0 Å². The van der Waals surface area contributed by atoms with Crippen molar-refractivity contribution in [3.8, 4) is 17.2 Å². The fourth-order valence-electron chi connectivity index (χ4n) is 3.33. The number of rotatable bonds is 8. The average Bonchev–Trinajstić information content (AvgIpc) is 3.11. The first-order valence-electron chi connectivity index (χ1n) is 9.61. The molecule has 0 aliphatic carbocycles. The van der Waals surface area contributed by atoms with E-state index in [4.69, 9.17) is 5.11 Å². The van der Waals surface area contributed by atoms with Gasteiger partial charge in [0.1, 0.15) is 17.6 Å². The van der Waals surface area contributed by atoms with Crippen molar-refractivity contribution in [3.05, 3.63) is 76.4 Å². The fraction of sp³-hybridized carbons (Fsp3) is 0.261. The van der Waals surface area contributed by atoms with Gasteiger partial charge in [0.2, 0.25) is 0 Å². The van der Waals surface area contributed by atoms with Gasteiger partial charge < -0.3 is 10.4 Å². The van der Waals surface area contributed by atoms with E-state index in [2.05, 4.69) is 16.5 Å². The van der Waals surface area contributed by atoms with Crippen LogP contribution in [0.15, 0.2) is 42.5 Å². The van der Waals surface area contributed by atoms with E-state index < -0.39 is 0 Å². The number of nitriles is 1. The number of aromatic nitrogens is 2. The first kappa shape index (κ1) is 21.4. The molecule has 0 saturated carbocycles. The summed E-state index contributed by atoms with van der Waals surface area (Å²) in [5.74, 6) is -0.598. The van der Waals surface area contributed by atoms with E-state index in [1.165, 1.54) is 0 Å². The van der Waals surface area contributed by atoms with Gasteiger partial charge in [-0.25, -0.2) is 4.39 Å². The molecule has 6 nitrogen and oxygen atoms in total. The molecule has 0 aliphatic heterocycles. The van der Waals surface area contributed by atoms with Gasteiger partial charge in [0, 0.05) is 37.7 Å². The van der Waals surface area contributed by atoms with Crippen molar-refractivity contribution in [2.24, 2.45) is 7.05 Å². The third kappa shape index (κ3) is 4.46. The van der Waals surface area contributed by atoms with Crippen molar-refractivity contribution in [2.75, 3.05) is 13.2 Å². The highest BCUT2D eigenvalue weighted by Gasteiger charge is 2.19. The van der Waals surface area contributed by atoms with Gasteiger partial charge >= 0.3 is 0 Å². The quantitative estimate of drug-likeness (QED) is 0.443. The van der Waals surface area contributed by atoms with Gasteiger partial charge in [-0.15, -0.1) is 0 Å². The molecule has 154 valence electrons. The Kier molecular flexibility index (Phi) is 6.72. The zero-order valence-corrected chi connectivity index (χ0v) is 16.9. The molecule has 0 radical (unpaired) electrons. The Hall–Kier alpha value is -3.34. The number of nitrogens with one attached hydrogen (secondary N) is 1. The predicted octanol–water partition coefficient (Wildman–Crippen LogP) is 2.91. The van der Waals surface area contributed by atoms with E-state index in [0.29, 0.717) is 41.0 Å². The first-order chi connectivity index (χ1) is 14.5. The van der Waals surface area contributed by atoms with Crippen LogP contribution in [0.2, 0.25) is 0 Å². The van der Waals surface area contributed by atoms with Crippen LogP contribution in [-0.4, -0.2) is 33.8 Å². The molecular formula is C23H23FN4O2. The van der Waals surface area contributed by atoms with Gasteiger partial charge in [-0.3, -0.25) is 9.48 Å². The van der Waals surface area contributed by atoms with Crippen LogP contribution in [0.4, 0.5) is 4.39 Å². The highest BCUT2D eigenvalue weighted by Crippen LogP contribution is 2.30. The van der Waals surface area contributed by atoms with E-state index >= 15 is 0 Å². The largest absolute Gasteiger partial charge is 0.395 e. The van der Waals surface area contributed by atoms with Crippen LogP contribution in [0, 0.1) is 24.1 Å². The summed E-state index contributed by atoms with van der Waals surface area (Å²) in [6, 6.07) is 14.0. The lowest BCUT2D eigenvalue weighted by Crippen LogP contribution is -2.19. The fourth-order valence-corrected chi connectivity index (χ4v) is 3.33. The lowest BCUT2D eigenvalue weighted by Gasteiger charge is -2.11. The molecule has 1 heterocycles. The standard InChI is InChI=1S/C23H23FN4O2/c1-15-5-3-8-19(23(15)24)18-7-4-6-16(20(18)13-25)11-22(30)21-12-17(28(2)27-21)14-26-9-10-29/h3-8,12,26,29H,9-11,14H2,1-2H3. The molecule has 0 aliphatic rings. The number of carbonyl (C=O) groups excluding carboxylic acids is 1. The molecule has 0 bridgehead atoms. The van der Waals surface area contributed by atoms with Crippen molar-refractivity contribution in [1.82, 2.24) is 15.1 Å². The molecule has 0 atom stereocenters. The van der Waals surface area contributed by atoms with Crippen LogP contribution in [0.3, 0.4) is 0 Å². The Labute approximate surface area is 174 Å². The zero-order chi connectivity index (χ0) is 21.7. The lowest BCUT2D eigenvalue weighted by molar-refractivity contribution is 0.0987. The van der Waals surface area contributed by atoms with E-state index in [9.17, 15) is 14.4 Å². The van der Waals surface area contributed by atoms with E-state index in [1.54, 1.807) is 61.1 Å². The second-order valence-electron chi connectivity index (χ2n) is 7.03. The minimum Gasteiger partial charge on any atom is -0.395 e. The van der Waals surface area contributed by atoms with Crippen LogP contribution in [0.25, 0.3) is 11.1 Å². The molecule has 0 spiro atoms. The second-order valence-corrected chi connectivity index (χ2v) is 7.03. The van der Waals surface area contributed by atoms with Crippen LogP contribution in [0.1, 0.15) is 32.9 Å². The second kappa shape index (κ2) is 9.44. The van der Waals surface area contributed by atoms with Crippen LogP contribution < -0.4 is 5.32 Å². The Morgan fingerprint density at radius 2 is 2.00 bits per heavy atom. The van der Waals surface area contributed by atoms with Gasteiger partial charge in [-0.05, 0) is 24.1 Å². The third-order valence-electron chi connectivity index (χ3n) is 4.95. The number of hydrogen-bond acceptors (Lipinski definition) is 5. The number of hydrogen-bond donors (Lipinski definition) is 2. The minimum absolute atomic E-state index is 0.00924. The Morgan fingerprint density at radius 3 is 2.73 bits per heavy atom. The maximum atomic E-state index is 14.6. The summed E-state index contributed by atoms with van der Waals surface area (Å²) in [5, 5.41) is 25.9. The van der Waals surface area contributed by atoms with Gasteiger partial charge in [0.15, 0.2) is 5.78 Å². The Bertz CT molecular complexity index is 1110. The number of halogens is 1. The van der Waals surface area contributed by atoms with Crippen molar-refractivity contribution < 1.29 is 14.3 Å². The number of aliphatic hydroxyl groups is 1. The van der Waals surface area contributed by atoms with Crippen molar-refractivity contribution in [2.45, 2.75) is 19.9 Å². The highest BCUT2D eigenvalue weighted by atomic mass is 19.1. The van der Waals surface area contributed by atoms with Gasteiger partial charge in [-0.1, -0.05) is 36.4 Å². The monoisotopic (exact) mass is 406 g/mol. The average molecular weight is 406 g/mol. The van der Waals surface area contributed by atoms with E-state index in [1.807, 2.05) is 0 Å². The zero-order valence-electron chi connectivity index (χ0n) is 16.9. The first-order valence-corrected chi connectivity index (χ1v) is 9.61. The molecule has 3 aromatic rings. The third-order valence-corrected chi connectivity index (χ3v) is 4.95. The number of aliphatic hydroxyl groups excluding tert-OH is 1. The molecule has 0 saturated heterocycles. The summed E-state index contributed by atoms with van der Waals surface area (Å²) in [5.41, 5.74) is 3.24. The van der Waals surface area contributed by atoms with E-state index in [-0.39, 0.29) is 30.2 Å². The van der Waals surface area contributed by atoms with Gasteiger partial charge in [0.05, 0.1) is 17.9 Å². The van der Waals surface area contributed by atoms with E-state index in [0.717, 1.165) is 5.69 Å². The van der Waals surface area contributed by atoms with Crippen LogP contribution in [0.5, 0.6) is 0 Å². The summed E-state index contributed by atoms with van der Waals surface area (Å²) in [4.78, 5) is 12.8. The molecular weight excluding hydrogens is 383 g/mol. The van der Waals surface area contributed by atoms with Crippen LogP contribution >= 0.6 is 0 Å². The minimum atomic E-state index is -0.373. The Balaban J connectivity index is 1.89. The normalized spacial score (nSPS) is 10.8. The molecule has 2 N–H and O–H groups in total. The number of aryl methyl sites for hydroxylation is 2. The number of ketones is 1.